The Balaban J connectivity index is 1.56. The summed E-state index contributed by atoms with van der Waals surface area (Å²) in [5, 5.41) is 3.53. The molecule has 0 fully saturated rings. The van der Waals surface area contributed by atoms with Crippen LogP contribution in [0.2, 0.25) is 5.02 Å². The van der Waals surface area contributed by atoms with Crippen molar-refractivity contribution in [2.75, 3.05) is 32.1 Å². The maximum absolute atomic E-state index is 13.2. The number of benzene rings is 3. The zero-order valence-corrected chi connectivity index (χ0v) is 21.6. The molecule has 0 saturated heterocycles. The zero-order chi connectivity index (χ0) is 26.2. The number of imidazole rings is 1. The van der Waals surface area contributed by atoms with Crippen LogP contribution in [0.4, 0.5) is 5.95 Å². The number of hydrogen-bond donors (Lipinski definition) is 1. The number of nitrogens with zero attached hydrogens (tertiary/aromatic N) is 3. The Hall–Kier alpha value is -3.94. The van der Waals surface area contributed by atoms with Crippen LogP contribution in [0.1, 0.15) is 11.1 Å². The molecule has 7 nitrogen and oxygen atoms in total. The third-order valence-electron chi connectivity index (χ3n) is 5.86. The van der Waals surface area contributed by atoms with Crippen LogP contribution < -0.4 is 5.32 Å². The van der Waals surface area contributed by atoms with Gasteiger partial charge in [-0.25, -0.2) is 4.98 Å². The molecule has 0 atom stereocenters. The minimum Gasteiger partial charge on any atom is -0.383 e. The van der Waals surface area contributed by atoms with Gasteiger partial charge >= 0.3 is 0 Å². The van der Waals surface area contributed by atoms with Gasteiger partial charge in [-0.1, -0.05) is 71.8 Å². The van der Waals surface area contributed by atoms with Gasteiger partial charge in [0.2, 0.25) is 17.8 Å². The fourth-order valence-corrected chi connectivity index (χ4v) is 3.97. The molecule has 2 amide bonds. The van der Waals surface area contributed by atoms with Crippen molar-refractivity contribution in [3.05, 3.63) is 101 Å². The third kappa shape index (κ3) is 7.06. The highest BCUT2D eigenvalue weighted by molar-refractivity contribution is 6.30. The number of aromatic nitrogens is 2. The molecule has 1 heterocycles. The summed E-state index contributed by atoms with van der Waals surface area (Å²) in [4.78, 5) is 32.4. The van der Waals surface area contributed by atoms with Gasteiger partial charge in [-0.3, -0.25) is 19.5 Å². The van der Waals surface area contributed by atoms with E-state index in [9.17, 15) is 9.59 Å². The van der Waals surface area contributed by atoms with E-state index in [-0.39, 0.29) is 24.8 Å². The monoisotopic (exact) mass is 516 g/mol. The fourth-order valence-electron chi connectivity index (χ4n) is 3.84. The largest absolute Gasteiger partial charge is 0.383 e. The van der Waals surface area contributed by atoms with E-state index in [1.165, 1.54) is 4.90 Å². The average Bonchev–Trinajstić information content (AvgIpc) is 3.31. The highest BCUT2D eigenvalue weighted by Crippen LogP contribution is 2.26. The molecule has 0 aliphatic carbocycles. The van der Waals surface area contributed by atoms with E-state index >= 15 is 0 Å². The Morgan fingerprint density at radius 2 is 1.70 bits per heavy atom. The first kappa shape index (κ1) is 26.1. The lowest BCUT2D eigenvalue weighted by Gasteiger charge is -2.22. The Bertz CT molecular complexity index is 1340. The number of ether oxygens (including phenoxy) is 1. The molecule has 0 aliphatic heterocycles. The SMILES string of the molecule is COCCN(CC(=O)Nc1nc(-c2ccc(Cl)cc2)cn1-c1ccc(C)cc1)C(=O)Cc1ccccc1. The fraction of sp³-hybridized carbons (Fsp3) is 0.207. The Kier molecular flexibility index (Phi) is 8.72. The van der Waals surface area contributed by atoms with Gasteiger partial charge < -0.3 is 9.64 Å². The summed E-state index contributed by atoms with van der Waals surface area (Å²) in [5.74, 6) is -0.137. The molecule has 4 aromatic rings. The van der Waals surface area contributed by atoms with Gasteiger partial charge in [0, 0.05) is 36.1 Å². The normalized spacial score (nSPS) is 10.8. The summed E-state index contributed by atoms with van der Waals surface area (Å²) >= 11 is 6.05. The van der Waals surface area contributed by atoms with E-state index < -0.39 is 0 Å². The van der Waals surface area contributed by atoms with Crippen LogP contribution in [0.5, 0.6) is 0 Å². The predicted molar refractivity (Wildman–Crippen MR) is 146 cm³/mol. The first-order valence-corrected chi connectivity index (χ1v) is 12.3. The number of nitrogens with one attached hydrogen (secondary N) is 1. The van der Waals surface area contributed by atoms with Crippen molar-refractivity contribution in [3.8, 4) is 16.9 Å². The maximum Gasteiger partial charge on any atom is 0.246 e. The smallest absolute Gasteiger partial charge is 0.246 e. The number of halogens is 1. The lowest BCUT2D eigenvalue weighted by Crippen LogP contribution is -2.41. The van der Waals surface area contributed by atoms with Crippen LogP contribution in [0.25, 0.3) is 16.9 Å². The second-order valence-electron chi connectivity index (χ2n) is 8.68. The number of methoxy groups -OCH3 is 1. The van der Waals surface area contributed by atoms with Gasteiger partial charge in [0.15, 0.2) is 0 Å². The van der Waals surface area contributed by atoms with Crippen LogP contribution in [-0.4, -0.2) is 53.1 Å². The highest BCUT2D eigenvalue weighted by Gasteiger charge is 2.20. The second-order valence-corrected chi connectivity index (χ2v) is 9.12. The molecule has 1 aromatic heterocycles. The van der Waals surface area contributed by atoms with Crippen molar-refractivity contribution in [1.29, 1.82) is 0 Å². The molecular weight excluding hydrogens is 488 g/mol. The van der Waals surface area contributed by atoms with E-state index in [4.69, 9.17) is 21.3 Å². The van der Waals surface area contributed by atoms with Crippen molar-refractivity contribution in [1.82, 2.24) is 14.5 Å². The topological polar surface area (TPSA) is 76.5 Å². The minimum absolute atomic E-state index is 0.119. The van der Waals surface area contributed by atoms with Gasteiger partial charge in [-0.05, 0) is 36.8 Å². The number of carbonyl (C=O) groups is 2. The molecule has 8 heteroatoms. The van der Waals surface area contributed by atoms with Crippen molar-refractivity contribution in [2.45, 2.75) is 13.3 Å². The van der Waals surface area contributed by atoms with Crippen molar-refractivity contribution >= 4 is 29.4 Å². The summed E-state index contributed by atoms with van der Waals surface area (Å²) in [5.41, 5.74) is 4.41. The molecule has 37 heavy (non-hydrogen) atoms. The molecule has 0 saturated carbocycles. The van der Waals surface area contributed by atoms with Gasteiger partial charge in [0.05, 0.1) is 18.7 Å². The third-order valence-corrected chi connectivity index (χ3v) is 6.11. The highest BCUT2D eigenvalue weighted by atomic mass is 35.5. The van der Waals surface area contributed by atoms with Crippen molar-refractivity contribution in [2.24, 2.45) is 0 Å². The number of anilines is 1. The lowest BCUT2D eigenvalue weighted by atomic mass is 10.1. The second kappa shape index (κ2) is 12.3. The predicted octanol–water partition coefficient (Wildman–Crippen LogP) is 5.16. The Morgan fingerprint density at radius 3 is 2.38 bits per heavy atom. The van der Waals surface area contributed by atoms with Gasteiger partial charge in [0.25, 0.3) is 0 Å². The summed E-state index contributed by atoms with van der Waals surface area (Å²) in [6, 6.07) is 24.7. The number of amides is 2. The molecule has 3 aromatic carbocycles. The first-order valence-electron chi connectivity index (χ1n) is 12.0. The molecule has 4 rings (SSSR count). The van der Waals surface area contributed by atoms with Crippen molar-refractivity contribution in [3.63, 3.8) is 0 Å². The molecule has 190 valence electrons. The number of aryl methyl sites for hydroxylation is 1. The van der Waals surface area contributed by atoms with Gasteiger partial charge in [0.1, 0.15) is 6.54 Å². The van der Waals surface area contributed by atoms with Crippen LogP contribution >= 0.6 is 11.6 Å². The lowest BCUT2D eigenvalue weighted by molar-refractivity contribution is -0.134. The quantitative estimate of drug-likeness (QED) is 0.316. The molecule has 0 spiro atoms. The van der Waals surface area contributed by atoms with Crippen molar-refractivity contribution < 1.29 is 14.3 Å². The summed E-state index contributed by atoms with van der Waals surface area (Å²) in [6.07, 6.45) is 2.07. The average molecular weight is 517 g/mol. The molecule has 0 aliphatic rings. The van der Waals surface area contributed by atoms with Crippen LogP contribution in [0.15, 0.2) is 85.1 Å². The number of rotatable bonds is 10. The first-order chi connectivity index (χ1) is 17.9. The minimum atomic E-state index is -0.348. The summed E-state index contributed by atoms with van der Waals surface area (Å²) < 4.78 is 6.99. The molecule has 0 radical (unpaired) electrons. The van der Waals surface area contributed by atoms with Crippen LogP contribution in [0.3, 0.4) is 0 Å². The number of hydrogen-bond acceptors (Lipinski definition) is 4. The number of carbonyl (C=O) groups excluding carboxylic acids is 2. The zero-order valence-electron chi connectivity index (χ0n) is 20.9. The molecular formula is C29H29ClN4O3. The Morgan fingerprint density at radius 1 is 1.00 bits per heavy atom. The van der Waals surface area contributed by atoms with E-state index in [2.05, 4.69) is 5.32 Å². The Labute approximate surface area is 221 Å². The molecule has 0 unspecified atom stereocenters. The summed E-state index contributed by atoms with van der Waals surface area (Å²) in [7, 11) is 1.57. The molecule has 0 bridgehead atoms. The molecule has 1 N–H and O–H groups in total. The summed E-state index contributed by atoms with van der Waals surface area (Å²) in [6.45, 7) is 2.52. The van der Waals surface area contributed by atoms with E-state index in [0.717, 1.165) is 22.4 Å². The van der Waals surface area contributed by atoms with E-state index in [0.29, 0.717) is 29.8 Å². The van der Waals surface area contributed by atoms with E-state index in [1.807, 2.05) is 84.4 Å². The van der Waals surface area contributed by atoms with Gasteiger partial charge in [-0.15, -0.1) is 0 Å². The van der Waals surface area contributed by atoms with Crippen LogP contribution in [0, 0.1) is 6.92 Å². The standard InChI is InChI=1S/C29H29ClN4O3/c1-21-8-14-25(15-9-21)34-19-26(23-10-12-24(30)13-11-23)31-29(34)32-27(35)20-33(16-17-37-2)28(36)18-22-6-4-3-5-7-22/h3-15,19H,16-18,20H2,1-2H3,(H,31,32,35). The maximum atomic E-state index is 13.2. The van der Waals surface area contributed by atoms with Gasteiger partial charge in [-0.2, -0.15) is 0 Å². The van der Waals surface area contributed by atoms with E-state index in [1.54, 1.807) is 19.2 Å². The van der Waals surface area contributed by atoms with Crippen LogP contribution in [-0.2, 0) is 20.7 Å².